The number of rotatable bonds is 9. The number of pyridine rings is 1. The fourth-order valence-corrected chi connectivity index (χ4v) is 3.52. The molecule has 0 saturated carbocycles. The molecule has 0 unspecified atom stereocenters. The van der Waals surface area contributed by atoms with Crippen LogP contribution in [0.3, 0.4) is 0 Å². The van der Waals surface area contributed by atoms with Crippen molar-refractivity contribution in [1.82, 2.24) is 20.6 Å². The lowest BCUT2D eigenvalue weighted by Crippen LogP contribution is -2.55. The highest BCUT2D eigenvalue weighted by molar-refractivity contribution is 6.43. The zero-order valence-electron chi connectivity index (χ0n) is 17.6. The lowest BCUT2D eigenvalue weighted by Gasteiger charge is -2.24. The van der Waals surface area contributed by atoms with Gasteiger partial charge in [0.15, 0.2) is 0 Å². The number of hydrogen-bond donors (Lipinski definition) is 5. The summed E-state index contributed by atoms with van der Waals surface area (Å²) >= 11 is 0. The van der Waals surface area contributed by atoms with Crippen LogP contribution in [-0.2, 0) is 11.2 Å². The van der Waals surface area contributed by atoms with E-state index in [2.05, 4.69) is 20.6 Å². The molecule has 31 heavy (non-hydrogen) atoms. The van der Waals surface area contributed by atoms with Gasteiger partial charge in [-0.15, -0.1) is 0 Å². The minimum atomic E-state index is -1.70. The normalized spacial score (nSPS) is 13.1. The van der Waals surface area contributed by atoms with Crippen LogP contribution < -0.4 is 10.6 Å². The van der Waals surface area contributed by atoms with Gasteiger partial charge in [0.25, 0.3) is 5.91 Å². The fraction of sp³-hybridized carbons (Fsp3) is 0.318. The largest absolute Gasteiger partial charge is 0.475 e. The molecule has 0 aliphatic carbocycles. The third-order valence-electron chi connectivity index (χ3n) is 5.08. The van der Waals surface area contributed by atoms with E-state index in [1.807, 2.05) is 44.3 Å². The molecule has 0 aliphatic rings. The van der Waals surface area contributed by atoms with Gasteiger partial charge >= 0.3 is 7.12 Å². The predicted molar refractivity (Wildman–Crippen MR) is 119 cm³/mol. The molecule has 2 amide bonds. The van der Waals surface area contributed by atoms with Gasteiger partial charge in [-0.1, -0.05) is 32.0 Å². The summed E-state index contributed by atoms with van der Waals surface area (Å²) in [5.74, 6) is -1.58. The summed E-state index contributed by atoms with van der Waals surface area (Å²) in [4.78, 5) is 32.9. The third kappa shape index (κ3) is 5.93. The topological polar surface area (TPSA) is 127 Å². The first kappa shape index (κ1) is 22.5. The van der Waals surface area contributed by atoms with Crippen molar-refractivity contribution in [3.63, 3.8) is 0 Å². The Morgan fingerprint density at radius 3 is 2.48 bits per heavy atom. The Morgan fingerprint density at radius 1 is 1.10 bits per heavy atom. The van der Waals surface area contributed by atoms with Gasteiger partial charge in [0.05, 0.1) is 5.94 Å². The first-order valence-corrected chi connectivity index (χ1v) is 10.3. The summed E-state index contributed by atoms with van der Waals surface area (Å²) in [6.45, 7) is 3.85. The molecule has 2 aromatic heterocycles. The van der Waals surface area contributed by atoms with Crippen LogP contribution in [0.2, 0.25) is 0 Å². The van der Waals surface area contributed by atoms with Crippen LogP contribution in [0.4, 0.5) is 0 Å². The van der Waals surface area contributed by atoms with Crippen molar-refractivity contribution >= 4 is 29.8 Å². The molecule has 0 saturated heterocycles. The number of benzene rings is 1. The first-order chi connectivity index (χ1) is 14.8. The summed E-state index contributed by atoms with van der Waals surface area (Å²) in [6, 6.07) is 9.92. The number of para-hydroxylation sites is 1. The number of nitrogens with zero attached hydrogens (tertiary/aromatic N) is 1. The number of carbonyl (C=O) groups is 2. The Hall–Kier alpha value is -3.17. The zero-order valence-corrected chi connectivity index (χ0v) is 17.6. The lowest BCUT2D eigenvalue weighted by atomic mass is 9.75. The Morgan fingerprint density at radius 2 is 1.81 bits per heavy atom. The van der Waals surface area contributed by atoms with E-state index in [1.54, 1.807) is 12.1 Å². The van der Waals surface area contributed by atoms with Crippen LogP contribution in [-0.4, -0.2) is 50.9 Å². The maximum atomic E-state index is 13.1. The molecular formula is C22H27BN4O4. The Labute approximate surface area is 181 Å². The Balaban J connectivity index is 1.84. The van der Waals surface area contributed by atoms with Crippen LogP contribution in [0.1, 0.15) is 36.2 Å². The van der Waals surface area contributed by atoms with Gasteiger partial charge in [-0.05, 0) is 36.1 Å². The summed E-state index contributed by atoms with van der Waals surface area (Å²) < 4.78 is 0. The van der Waals surface area contributed by atoms with E-state index in [9.17, 15) is 19.6 Å². The van der Waals surface area contributed by atoms with Crippen LogP contribution in [0.25, 0.3) is 10.9 Å². The van der Waals surface area contributed by atoms with E-state index < -0.39 is 30.9 Å². The maximum absolute atomic E-state index is 13.1. The van der Waals surface area contributed by atoms with Gasteiger partial charge in [0.1, 0.15) is 6.04 Å². The lowest BCUT2D eigenvalue weighted by molar-refractivity contribution is -0.123. The highest BCUT2D eigenvalue weighted by Crippen LogP contribution is 2.19. The second kappa shape index (κ2) is 10.2. The SMILES string of the molecule is CC(C)C[C@H](NC(=O)[C@H](Cc1c[nH]c2ccccc12)NC(=O)c1ccncc1)B(O)O. The molecule has 5 N–H and O–H groups in total. The quantitative estimate of drug-likeness (QED) is 0.334. The van der Waals surface area contributed by atoms with Crippen LogP contribution in [0, 0.1) is 5.92 Å². The smallest absolute Gasteiger partial charge is 0.426 e. The number of amides is 2. The maximum Gasteiger partial charge on any atom is 0.475 e. The van der Waals surface area contributed by atoms with E-state index in [0.717, 1.165) is 16.5 Å². The predicted octanol–water partition coefficient (Wildman–Crippen LogP) is 1.45. The van der Waals surface area contributed by atoms with Gasteiger partial charge in [-0.2, -0.15) is 0 Å². The molecule has 3 aromatic rings. The average molecular weight is 422 g/mol. The summed E-state index contributed by atoms with van der Waals surface area (Å²) in [5.41, 5.74) is 2.18. The van der Waals surface area contributed by atoms with Crippen LogP contribution in [0.15, 0.2) is 55.0 Å². The van der Waals surface area contributed by atoms with Gasteiger partial charge in [0.2, 0.25) is 5.91 Å². The Kier molecular flexibility index (Phi) is 7.43. The van der Waals surface area contributed by atoms with Crippen LogP contribution >= 0.6 is 0 Å². The molecule has 0 aliphatic heterocycles. The highest BCUT2D eigenvalue weighted by atomic mass is 16.4. The van der Waals surface area contributed by atoms with Crippen molar-refractivity contribution in [2.24, 2.45) is 5.92 Å². The number of fused-ring (bicyclic) bond motifs is 1. The van der Waals surface area contributed by atoms with Crippen molar-refractivity contribution < 1.29 is 19.6 Å². The highest BCUT2D eigenvalue weighted by Gasteiger charge is 2.30. The van der Waals surface area contributed by atoms with E-state index >= 15 is 0 Å². The zero-order chi connectivity index (χ0) is 22.4. The van der Waals surface area contributed by atoms with E-state index in [-0.39, 0.29) is 12.3 Å². The number of carbonyl (C=O) groups excluding carboxylic acids is 2. The fourth-order valence-electron chi connectivity index (χ4n) is 3.52. The van der Waals surface area contributed by atoms with Crippen molar-refractivity contribution in [1.29, 1.82) is 0 Å². The second-order valence-corrected chi connectivity index (χ2v) is 7.98. The van der Waals surface area contributed by atoms with Crippen molar-refractivity contribution in [2.45, 2.75) is 38.7 Å². The van der Waals surface area contributed by atoms with E-state index in [0.29, 0.717) is 12.0 Å². The molecule has 2 heterocycles. The number of hydrogen-bond acceptors (Lipinski definition) is 5. The molecular weight excluding hydrogens is 395 g/mol. The molecule has 0 fully saturated rings. The monoisotopic (exact) mass is 422 g/mol. The minimum Gasteiger partial charge on any atom is -0.426 e. The molecule has 2 atom stereocenters. The molecule has 3 rings (SSSR count). The number of aromatic amines is 1. The van der Waals surface area contributed by atoms with Crippen molar-refractivity contribution in [3.8, 4) is 0 Å². The molecule has 162 valence electrons. The second-order valence-electron chi connectivity index (χ2n) is 7.98. The van der Waals surface area contributed by atoms with E-state index in [4.69, 9.17) is 0 Å². The average Bonchev–Trinajstić information content (AvgIpc) is 3.16. The molecule has 0 spiro atoms. The van der Waals surface area contributed by atoms with Gasteiger partial charge in [0, 0.05) is 41.5 Å². The summed E-state index contributed by atoms with van der Waals surface area (Å²) in [7, 11) is -1.70. The van der Waals surface area contributed by atoms with Gasteiger partial charge in [-0.3, -0.25) is 14.6 Å². The van der Waals surface area contributed by atoms with Gasteiger partial charge in [-0.25, -0.2) is 0 Å². The van der Waals surface area contributed by atoms with Crippen LogP contribution in [0.5, 0.6) is 0 Å². The molecule has 9 heteroatoms. The number of H-pyrrole nitrogens is 1. The Bertz CT molecular complexity index is 1020. The number of aromatic nitrogens is 2. The third-order valence-corrected chi connectivity index (χ3v) is 5.08. The number of nitrogens with one attached hydrogen (secondary N) is 3. The minimum absolute atomic E-state index is 0.144. The summed E-state index contributed by atoms with van der Waals surface area (Å²) in [6.07, 6.45) is 5.45. The van der Waals surface area contributed by atoms with Crippen molar-refractivity contribution in [2.75, 3.05) is 0 Å². The van der Waals surface area contributed by atoms with Gasteiger partial charge < -0.3 is 25.7 Å². The summed E-state index contributed by atoms with van der Waals surface area (Å²) in [5, 5.41) is 25.8. The molecule has 8 nitrogen and oxygen atoms in total. The molecule has 0 bridgehead atoms. The first-order valence-electron chi connectivity index (χ1n) is 10.3. The van der Waals surface area contributed by atoms with E-state index in [1.165, 1.54) is 12.4 Å². The molecule has 0 radical (unpaired) electrons. The standard InChI is InChI=1S/C22H27BN4O4/c1-14(2)11-20(23(30)31)27-22(29)19(26-21(28)15-7-9-24-10-8-15)12-16-13-25-18-6-4-3-5-17(16)18/h3-10,13-14,19-20,25,30-31H,11-12H2,1-2H3,(H,26,28)(H,27,29)/t19-,20-/m0/s1. The molecule has 1 aromatic carbocycles. The van der Waals surface area contributed by atoms with Crippen molar-refractivity contribution in [3.05, 3.63) is 66.1 Å².